The number of esters is 1. The molecule has 1 aromatic carbocycles. The van der Waals surface area contributed by atoms with Gasteiger partial charge in [0.05, 0.1) is 6.20 Å². The van der Waals surface area contributed by atoms with E-state index in [0.29, 0.717) is 12.0 Å². The first kappa shape index (κ1) is 33.2. The molecule has 11 heteroatoms. The van der Waals surface area contributed by atoms with E-state index in [2.05, 4.69) is 27.4 Å². The number of carbonyl (C=O) groups excluding carboxylic acids is 3. The average Bonchev–Trinajstić information content (AvgIpc) is 3.73. The Bertz CT molecular complexity index is 1410. The standard InChI is InChI=1S/C35H48N6O5/c1-6-28-31(42)40(5)29-22-36-33(39-30(29)41(28)25-13-7-8-14-25)37-24-20-18-23(19-21-24)12-11-17-27(38-34(44)46-35(2,3)4)32(43)45-26-15-9-10-16-26/h11-12,18-22,25-28H,6-10,13-17H2,1-5H3,(H,38,44)(H,36,37,39)/b12-11+/t27-,28+/m0/s1. The summed E-state index contributed by atoms with van der Waals surface area (Å²) in [6.45, 7) is 7.39. The van der Waals surface area contributed by atoms with Crippen LogP contribution in [0.2, 0.25) is 0 Å². The van der Waals surface area contributed by atoms with Crippen LogP contribution in [0.25, 0.3) is 6.08 Å². The monoisotopic (exact) mass is 632 g/mol. The molecule has 5 rings (SSSR count). The van der Waals surface area contributed by atoms with Gasteiger partial charge in [0.15, 0.2) is 5.82 Å². The molecule has 248 valence electrons. The number of likely N-dealkylation sites (N-methyl/N-ethyl adjacent to an activating group) is 1. The predicted molar refractivity (Wildman–Crippen MR) is 179 cm³/mol. The second-order valence-electron chi connectivity index (χ2n) is 13.5. The van der Waals surface area contributed by atoms with Gasteiger partial charge < -0.3 is 29.9 Å². The normalized spacial score (nSPS) is 19.8. The van der Waals surface area contributed by atoms with Gasteiger partial charge >= 0.3 is 12.1 Å². The fourth-order valence-corrected chi connectivity index (χ4v) is 6.51. The SMILES string of the molecule is CC[C@@H]1C(=O)N(C)c2cnc(Nc3ccc(/C=C/C[C@H](NC(=O)OC(C)(C)C)C(=O)OC4CCCC4)cc3)nc2N1C1CCCC1. The number of nitrogens with one attached hydrogen (secondary N) is 2. The largest absolute Gasteiger partial charge is 0.461 e. The summed E-state index contributed by atoms with van der Waals surface area (Å²) in [5, 5.41) is 6.00. The van der Waals surface area contributed by atoms with Crippen LogP contribution < -0.4 is 20.4 Å². The summed E-state index contributed by atoms with van der Waals surface area (Å²) >= 11 is 0. The van der Waals surface area contributed by atoms with Crippen LogP contribution in [0.4, 0.5) is 27.9 Å². The molecule has 2 atom stereocenters. The molecule has 1 aliphatic heterocycles. The third-order valence-corrected chi connectivity index (χ3v) is 8.82. The summed E-state index contributed by atoms with van der Waals surface area (Å²) in [6.07, 6.45) is 14.0. The number of benzene rings is 1. The van der Waals surface area contributed by atoms with E-state index in [9.17, 15) is 14.4 Å². The zero-order chi connectivity index (χ0) is 32.8. The molecule has 1 aromatic heterocycles. The molecule has 2 aliphatic carbocycles. The Kier molecular flexibility index (Phi) is 10.5. The van der Waals surface area contributed by atoms with Crippen LogP contribution in [0.3, 0.4) is 0 Å². The van der Waals surface area contributed by atoms with E-state index >= 15 is 0 Å². The maximum Gasteiger partial charge on any atom is 0.408 e. The minimum Gasteiger partial charge on any atom is -0.461 e. The number of ether oxygens (including phenoxy) is 2. The lowest BCUT2D eigenvalue weighted by atomic mass is 10.0. The summed E-state index contributed by atoms with van der Waals surface area (Å²) in [5.41, 5.74) is 1.80. The summed E-state index contributed by atoms with van der Waals surface area (Å²) in [5.74, 6) is 0.921. The number of hydrogen-bond donors (Lipinski definition) is 2. The van der Waals surface area contributed by atoms with Crippen LogP contribution >= 0.6 is 0 Å². The van der Waals surface area contributed by atoms with Gasteiger partial charge in [-0.15, -0.1) is 0 Å². The second kappa shape index (κ2) is 14.5. The van der Waals surface area contributed by atoms with Crippen LogP contribution in [0.1, 0.15) is 97.5 Å². The number of alkyl carbamates (subject to hydrolysis) is 1. The Hall–Kier alpha value is -4.15. The van der Waals surface area contributed by atoms with Crippen LogP contribution in [-0.2, 0) is 19.1 Å². The third kappa shape index (κ3) is 8.16. The number of hydrogen-bond acceptors (Lipinski definition) is 9. The molecule has 3 aliphatic rings. The molecule has 2 saturated carbocycles. The number of aromatic nitrogens is 2. The van der Waals surface area contributed by atoms with E-state index in [1.165, 1.54) is 12.8 Å². The predicted octanol–water partition coefficient (Wildman–Crippen LogP) is 6.51. The fourth-order valence-electron chi connectivity index (χ4n) is 6.51. The van der Waals surface area contributed by atoms with Gasteiger partial charge in [-0.3, -0.25) is 4.79 Å². The third-order valence-electron chi connectivity index (χ3n) is 8.82. The maximum absolute atomic E-state index is 13.2. The number of rotatable bonds is 10. The van der Waals surface area contributed by atoms with Gasteiger partial charge in [-0.05, 0) is 89.8 Å². The summed E-state index contributed by atoms with van der Waals surface area (Å²) in [6, 6.07) is 7.01. The molecule has 2 fully saturated rings. The molecule has 0 saturated heterocycles. The molecule has 2 aromatic rings. The van der Waals surface area contributed by atoms with Crippen molar-refractivity contribution in [3.63, 3.8) is 0 Å². The lowest BCUT2D eigenvalue weighted by molar-refractivity contribution is -0.151. The van der Waals surface area contributed by atoms with E-state index in [0.717, 1.165) is 67.7 Å². The first-order valence-electron chi connectivity index (χ1n) is 16.7. The maximum atomic E-state index is 13.2. The van der Waals surface area contributed by atoms with Crippen LogP contribution in [0.5, 0.6) is 0 Å². The summed E-state index contributed by atoms with van der Waals surface area (Å²) < 4.78 is 11.1. The molecule has 2 heterocycles. The molecular formula is C35H48N6O5. The molecule has 0 bridgehead atoms. The van der Waals surface area contributed by atoms with E-state index < -0.39 is 23.7 Å². The molecule has 46 heavy (non-hydrogen) atoms. The number of anilines is 4. The zero-order valence-corrected chi connectivity index (χ0v) is 27.8. The Morgan fingerprint density at radius 1 is 1.07 bits per heavy atom. The second-order valence-corrected chi connectivity index (χ2v) is 13.5. The first-order chi connectivity index (χ1) is 22.0. The fraction of sp³-hybridized carbons (Fsp3) is 0.571. The Labute approximate surface area is 272 Å². The quantitative estimate of drug-likeness (QED) is 0.282. The van der Waals surface area contributed by atoms with Crippen LogP contribution in [-0.4, -0.2) is 64.8 Å². The van der Waals surface area contributed by atoms with Crippen molar-refractivity contribution in [1.82, 2.24) is 15.3 Å². The molecular weight excluding hydrogens is 584 g/mol. The number of fused-ring (bicyclic) bond motifs is 1. The lowest BCUT2D eigenvalue weighted by Crippen LogP contribution is -2.55. The number of amides is 2. The van der Waals surface area contributed by atoms with Crippen molar-refractivity contribution in [2.75, 3.05) is 22.2 Å². The highest BCUT2D eigenvalue weighted by molar-refractivity contribution is 6.04. The van der Waals surface area contributed by atoms with Gasteiger partial charge in [-0.25, -0.2) is 14.6 Å². The van der Waals surface area contributed by atoms with E-state index in [-0.39, 0.29) is 24.5 Å². The summed E-state index contributed by atoms with van der Waals surface area (Å²) in [4.78, 5) is 51.9. The number of nitrogens with zero attached hydrogens (tertiary/aromatic N) is 4. The van der Waals surface area contributed by atoms with Crippen molar-refractivity contribution >= 4 is 47.2 Å². The Balaban J connectivity index is 1.25. The van der Waals surface area contributed by atoms with Gasteiger partial charge in [0.25, 0.3) is 0 Å². The van der Waals surface area contributed by atoms with Crippen LogP contribution in [0, 0.1) is 0 Å². The van der Waals surface area contributed by atoms with Gasteiger partial charge in [0.2, 0.25) is 11.9 Å². The van der Waals surface area contributed by atoms with Crippen LogP contribution in [0.15, 0.2) is 36.5 Å². The van der Waals surface area contributed by atoms with E-state index in [1.54, 1.807) is 38.9 Å². The molecule has 2 amide bonds. The van der Waals surface area contributed by atoms with Crippen molar-refractivity contribution in [2.45, 2.75) is 122 Å². The van der Waals surface area contributed by atoms with Gasteiger partial charge in [0, 0.05) is 18.8 Å². The molecule has 11 nitrogen and oxygen atoms in total. The van der Waals surface area contributed by atoms with E-state index in [1.807, 2.05) is 36.4 Å². The van der Waals surface area contributed by atoms with Crippen molar-refractivity contribution in [3.8, 4) is 0 Å². The molecule has 2 N–H and O–H groups in total. The Morgan fingerprint density at radius 2 is 1.74 bits per heavy atom. The minimum atomic E-state index is -0.848. The number of carbonyl (C=O) groups is 3. The first-order valence-corrected chi connectivity index (χ1v) is 16.7. The topological polar surface area (TPSA) is 126 Å². The zero-order valence-electron chi connectivity index (χ0n) is 27.8. The highest BCUT2D eigenvalue weighted by Crippen LogP contribution is 2.40. The van der Waals surface area contributed by atoms with E-state index in [4.69, 9.17) is 14.5 Å². The average molecular weight is 633 g/mol. The molecule has 0 radical (unpaired) electrons. The van der Waals surface area contributed by atoms with Gasteiger partial charge in [-0.2, -0.15) is 4.98 Å². The smallest absolute Gasteiger partial charge is 0.408 e. The van der Waals surface area contributed by atoms with Crippen molar-refractivity contribution < 1.29 is 23.9 Å². The van der Waals surface area contributed by atoms with Crippen molar-refractivity contribution in [3.05, 3.63) is 42.1 Å². The summed E-state index contributed by atoms with van der Waals surface area (Å²) in [7, 11) is 1.80. The van der Waals surface area contributed by atoms with Crippen molar-refractivity contribution in [1.29, 1.82) is 0 Å². The molecule has 0 unspecified atom stereocenters. The Morgan fingerprint density at radius 3 is 2.39 bits per heavy atom. The highest BCUT2D eigenvalue weighted by atomic mass is 16.6. The highest BCUT2D eigenvalue weighted by Gasteiger charge is 2.41. The molecule has 0 spiro atoms. The minimum absolute atomic E-state index is 0.0903. The van der Waals surface area contributed by atoms with Crippen molar-refractivity contribution in [2.24, 2.45) is 0 Å². The van der Waals surface area contributed by atoms with Gasteiger partial charge in [-0.1, -0.05) is 44.1 Å². The van der Waals surface area contributed by atoms with Gasteiger partial charge in [0.1, 0.15) is 29.5 Å². The lowest BCUT2D eigenvalue weighted by Gasteiger charge is -2.43.